The molecular weight excluding hydrogens is 318 g/mol. The van der Waals surface area contributed by atoms with Crippen molar-refractivity contribution in [2.75, 3.05) is 31.6 Å². The highest BCUT2D eigenvalue weighted by molar-refractivity contribution is 5.94. The number of hydrogen-bond donors (Lipinski definition) is 2. The van der Waals surface area contributed by atoms with E-state index in [1.807, 2.05) is 17.0 Å². The normalized spacial score (nSPS) is 19.5. The SMILES string of the molecule is CCCN(C(=O)COc1cccc(NC(=O)C2CC2)c1)C1CCNC1. The molecule has 1 saturated heterocycles. The van der Waals surface area contributed by atoms with E-state index in [4.69, 9.17) is 4.74 Å². The van der Waals surface area contributed by atoms with E-state index < -0.39 is 0 Å². The molecule has 0 bridgehead atoms. The van der Waals surface area contributed by atoms with Gasteiger partial charge in [0.1, 0.15) is 5.75 Å². The first-order valence-corrected chi connectivity index (χ1v) is 9.21. The maximum Gasteiger partial charge on any atom is 0.260 e. The number of ether oxygens (including phenoxy) is 1. The van der Waals surface area contributed by atoms with Gasteiger partial charge in [-0.25, -0.2) is 0 Å². The number of nitrogens with zero attached hydrogens (tertiary/aromatic N) is 1. The van der Waals surface area contributed by atoms with Gasteiger partial charge in [0.15, 0.2) is 6.61 Å². The lowest BCUT2D eigenvalue weighted by Crippen LogP contribution is -2.44. The molecule has 0 radical (unpaired) electrons. The summed E-state index contributed by atoms with van der Waals surface area (Å²) in [6, 6.07) is 7.51. The largest absolute Gasteiger partial charge is 0.484 e. The van der Waals surface area contributed by atoms with Crippen molar-refractivity contribution in [2.24, 2.45) is 5.92 Å². The second-order valence-electron chi connectivity index (χ2n) is 6.81. The van der Waals surface area contributed by atoms with Crippen LogP contribution in [0, 0.1) is 5.92 Å². The van der Waals surface area contributed by atoms with E-state index in [0.29, 0.717) is 11.4 Å². The fraction of sp³-hybridized carbons (Fsp3) is 0.579. The Labute approximate surface area is 148 Å². The summed E-state index contributed by atoms with van der Waals surface area (Å²) in [4.78, 5) is 26.3. The molecule has 2 fully saturated rings. The van der Waals surface area contributed by atoms with Crippen molar-refractivity contribution in [3.8, 4) is 5.75 Å². The summed E-state index contributed by atoms with van der Waals surface area (Å²) < 4.78 is 5.69. The summed E-state index contributed by atoms with van der Waals surface area (Å²) >= 11 is 0. The highest BCUT2D eigenvalue weighted by atomic mass is 16.5. The van der Waals surface area contributed by atoms with E-state index >= 15 is 0 Å². The Morgan fingerprint density at radius 2 is 2.16 bits per heavy atom. The molecule has 25 heavy (non-hydrogen) atoms. The van der Waals surface area contributed by atoms with Gasteiger partial charge < -0.3 is 20.3 Å². The molecule has 1 aromatic rings. The third-order valence-electron chi connectivity index (χ3n) is 4.67. The Morgan fingerprint density at radius 1 is 1.32 bits per heavy atom. The standard InChI is InChI=1S/C19H27N3O3/c1-2-10-22(16-8-9-20-12-16)18(23)13-25-17-5-3-4-15(11-17)21-19(24)14-6-7-14/h3-5,11,14,16,20H,2,6-10,12-13H2,1H3,(H,21,24). The van der Waals surface area contributed by atoms with Crippen LogP contribution in [0.15, 0.2) is 24.3 Å². The molecule has 2 aliphatic rings. The Kier molecular flexibility index (Phi) is 5.91. The van der Waals surface area contributed by atoms with Crippen molar-refractivity contribution in [1.29, 1.82) is 0 Å². The quantitative estimate of drug-likeness (QED) is 0.756. The number of rotatable bonds is 8. The van der Waals surface area contributed by atoms with Crippen LogP contribution < -0.4 is 15.4 Å². The number of amides is 2. The minimum absolute atomic E-state index is 0.0166. The number of hydrogen-bond acceptors (Lipinski definition) is 4. The minimum atomic E-state index is 0.0166. The van der Waals surface area contributed by atoms with Crippen molar-refractivity contribution in [2.45, 2.75) is 38.6 Å². The highest BCUT2D eigenvalue weighted by Crippen LogP contribution is 2.30. The van der Waals surface area contributed by atoms with E-state index in [1.54, 1.807) is 12.1 Å². The van der Waals surface area contributed by atoms with Crippen molar-refractivity contribution < 1.29 is 14.3 Å². The average Bonchev–Trinajstić information content (AvgIpc) is 3.34. The van der Waals surface area contributed by atoms with Gasteiger partial charge in [-0.15, -0.1) is 0 Å². The van der Waals surface area contributed by atoms with E-state index in [9.17, 15) is 9.59 Å². The minimum Gasteiger partial charge on any atom is -0.484 e. The van der Waals surface area contributed by atoms with Gasteiger partial charge in [0, 0.05) is 36.8 Å². The number of anilines is 1. The Bertz CT molecular complexity index is 610. The van der Waals surface area contributed by atoms with Crippen LogP contribution in [0.5, 0.6) is 5.75 Å². The van der Waals surface area contributed by atoms with E-state index in [0.717, 1.165) is 45.3 Å². The van der Waals surface area contributed by atoms with Crippen LogP contribution >= 0.6 is 0 Å². The lowest BCUT2D eigenvalue weighted by Gasteiger charge is -2.28. The second kappa shape index (κ2) is 8.34. The van der Waals surface area contributed by atoms with Crippen molar-refractivity contribution >= 4 is 17.5 Å². The number of carbonyl (C=O) groups excluding carboxylic acids is 2. The highest BCUT2D eigenvalue weighted by Gasteiger charge is 2.29. The van der Waals surface area contributed by atoms with Crippen molar-refractivity contribution in [3.63, 3.8) is 0 Å². The smallest absolute Gasteiger partial charge is 0.260 e. The van der Waals surface area contributed by atoms with Crippen LogP contribution in [-0.4, -0.2) is 49.0 Å². The molecule has 2 amide bonds. The van der Waals surface area contributed by atoms with Gasteiger partial charge in [0.05, 0.1) is 0 Å². The molecule has 0 aromatic heterocycles. The molecule has 1 aliphatic heterocycles. The lowest BCUT2D eigenvalue weighted by molar-refractivity contribution is -0.135. The molecule has 6 nitrogen and oxygen atoms in total. The van der Waals surface area contributed by atoms with E-state index in [-0.39, 0.29) is 30.4 Å². The summed E-state index contributed by atoms with van der Waals surface area (Å²) in [6.45, 7) is 4.67. The molecule has 2 N–H and O–H groups in total. The van der Waals surface area contributed by atoms with Gasteiger partial charge in [-0.05, 0) is 44.4 Å². The maximum absolute atomic E-state index is 12.6. The molecule has 3 rings (SSSR count). The Balaban J connectivity index is 1.54. The molecule has 1 aliphatic carbocycles. The summed E-state index contributed by atoms with van der Waals surface area (Å²) in [5.74, 6) is 0.843. The third kappa shape index (κ3) is 4.95. The van der Waals surface area contributed by atoms with Gasteiger partial charge in [-0.1, -0.05) is 13.0 Å². The number of benzene rings is 1. The molecule has 1 heterocycles. The van der Waals surface area contributed by atoms with Crippen LogP contribution in [0.2, 0.25) is 0 Å². The molecule has 1 atom stereocenters. The topological polar surface area (TPSA) is 70.7 Å². The van der Waals surface area contributed by atoms with E-state index in [1.165, 1.54) is 0 Å². The number of nitrogens with one attached hydrogen (secondary N) is 2. The first kappa shape index (κ1) is 17.7. The zero-order valence-electron chi connectivity index (χ0n) is 14.8. The van der Waals surface area contributed by atoms with Crippen molar-refractivity contribution in [3.05, 3.63) is 24.3 Å². The van der Waals surface area contributed by atoms with Crippen LogP contribution in [0.3, 0.4) is 0 Å². The predicted octanol–water partition coefficient (Wildman–Crippen LogP) is 2.01. The van der Waals surface area contributed by atoms with Crippen LogP contribution in [0.4, 0.5) is 5.69 Å². The van der Waals surface area contributed by atoms with Gasteiger partial charge in [-0.2, -0.15) is 0 Å². The molecular formula is C19H27N3O3. The van der Waals surface area contributed by atoms with Gasteiger partial charge in [0.25, 0.3) is 5.91 Å². The maximum atomic E-state index is 12.6. The van der Waals surface area contributed by atoms with Gasteiger partial charge in [-0.3, -0.25) is 9.59 Å². The van der Waals surface area contributed by atoms with Crippen LogP contribution in [0.1, 0.15) is 32.6 Å². The summed E-state index contributed by atoms with van der Waals surface area (Å²) in [5, 5.41) is 6.20. The number of carbonyl (C=O) groups is 2. The first-order valence-electron chi connectivity index (χ1n) is 9.21. The predicted molar refractivity (Wildman–Crippen MR) is 96.6 cm³/mol. The molecule has 1 aromatic carbocycles. The first-order chi connectivity index (χ1) is 12.2. The second-order valence-corrected chi connectivity index (χ2v) is 6.81. The lowest BCUT2D eigenvalue weighted by atomic mass is 10.2. The summed E-state index contributed by atoms with van der Waals surface area (Å²) in [7, 11) is 0. The Morgan fingerprint density at radius 3 is 2.84 bits per heavy atom. The average molecular weight is 345 g/mol. The molecule has 6 heteroatoms. The molecule has 0 spiro atoms. The Hall–Kier alpha value is -2.08. The fourth-order valence-electron chi connectivity index (χ4n) is 3.14. The van der Waals surface area contributed by atoms with Crippen molar-refractivity contribution in [1.82, 2.24) is 10.2 Å². The fourth-order valence-corrected chi connectivity index (χ4v) is 3.14. The van der Waals surface area contributed by atoms with E-state index in [2.05, 4.69) is 17.6 Å². The zero-order chi connectivity index (χ0) is 17.6. The van der Waals surface area contributed by atoms with Gasteiger partial charge >= 0.3 is 0 Å². The summed E-state index contributed by atoms with van der Waals surface area (Å²) in [5.41, 5.74) is 0.715. The van der Waals surface area contributed by atoms with Crippen LogP contribution in [-0.2, 0) is 9.59 Å². The third-order valence-corrected chi connectivity index (χ3v) is 4.67. The molecule has 1 unspecified atom stereocenters. The van der Waals surface area contributed by atoms with Gasteiger partial charge in [0.2, 0.25) is 5.91 Å². The molecule has 1 saturated carbocycles. The molecule has 136 valence electrons. The monoisotopic (exact) mass is 345 g/mol. The van der Waals surface area contributed by atoms with Crippen LogP contribution in [0.25, 0.3) is 0 Å². The summed E-state index contributed by atoms with van der Waals surface area (Å²) in [6.07, 6.45) is 3.87. The zero-order valence-corrected chi connectivity index (χ0v) is 14.8.